The van der Waals surface area contributed by atoms with E-state index in [2.05, 4.69) is 16.0 Å². The fourth-order valence-electron chi connectivity index (χ4n) is 2.64. The minimum atomic E-state index is -0.513. The number of benzene rings is 1. The van der Waals surface area contributed by atoms with E-state index in [0.717, 1.165) is 25.8 Å². The fourth-order valence-corrected chi connectivity index (χ4v) is 2.64. The Balaban J connectivity index is 2.00. The van der Waals surface area contributed by atoms with Crippen molar-refractivity contribution >= 4 is 17.5 Å². The summed E-state index contributed by atoms with van der Waals surface area (Å²) in [5, 5.41) is 9.15. The molecule has 2 amide bonds. The minimum absolute atomic E-state index is 0.0240. The third kappa shape index (κ3) is 4.79. The number of amides is 2. The molecule has 0 spiro atoms. The van der Waals surface area contributed by atoms with Crippen molar-refractivity contribution < 1.29 is 9.59 Å². The maximum Gasteiger partial charge on any atom is 0.251 e. The fraction of sp³-hybridized carbons (Fsp3) is 0.556. The lowest BCUT2D eigenvalue weighted by Crippen LogP contribution is -2.54. The Morgan fingerprint density at radius 2 is 1.78 bits per heavy atom. The van der Waals surface area contributed by atoms with Gasteiger partial charge in [0.15, 0.2) is 0 Å². The van der Waals surface area contributed by atoms with E-state index in [-0.39, 0.29) is 17.4 Å². The van der Waals surface area contributed by atoms with Gasteiger partial charge in [-0.25, -0.2) is 0 Å². The highest BCUT2D eigenvalue weighted by atomic mass is 16.2. The molecule has 1 atom stereocenters. The summed E-state index contributed by atoms with van der Waals surface area (Å²) in [7, 11) is 0. The summed E-state index contributed by atoms with van der Waals surface area (Å²) in [5.74, 6) is -0.139. The van der Waals surface area contributed by atoms with E-state index in [1.807, 2.05) is 27.7 Å². The van der Waals surface area contributed by atoms with Gasteiger partial charge < -0.3 is 16.0 Å². The molecule has 1 fully saturated rings. The summed E-state index contributed by atoms with van der Waals surface area (Å²) in [4.78, 5) is 24.5. The van der Waals surface area contributed by atoms with Crippen molar-refractivity contribution in [2.75, 3.05) is 11.9 Å². The molecule has 5 nitrogen and oxygen atoms in total. The smallest absolute Gasteiger partial charge is 0.251 e. The molecular formula is C18H27N3O2. The highest BCUT2D eigenvalue weighted by molar-refractivity contribution is 5.99. The molecule has 0 radical (unpaired) electrons. The van der Waals surface area contributed by atoms with Crippen molar-refractivity contribution in [3.05, 3.63) is 29.8 Å². The van der Waals surface area contributed by atoms with Crippen LogP contribution in [0.15, 0.2) is 24.3 Å². The monoisotopic (exact) mass is 317 g/mol. The third-order valence-electron chi connectivity index (χ3n) is 4.01. The van der Waals surface area contributed by atoms with Crippen LogP contribution >= 0.6 is 0 Å². The Labute approximate surface area is 138 Å². The number of carbonyl (C=O) groups is 2. The van der Waals surface area contributed by atoms with Gasteiger partial charge in [0.05, 0.1) is 5.54 Å². The quantitative estimate of drug-likeness (QED) is 0.803. The second-order valence-electron chi connectivity index (χ2n) is 7.45. The van der Waals surface area contributed by atoms with Crippen LogP contribution < -0.4 is 16.0 Å². The van der Waals surface area contributed by atoms with Crippen molar-refractivity contribution in [3.63, 3.8) is 0 Å². The molecule has 0 aromatic heterocycles. The zero-order valence-electron chi connectivity index (χ0n) is 14.5. The summed E-state index contributed by atoms with van der Waals surface area (Å²) < 4.78 is 0. The molecule has 1 heterocycles. The number of rotatable bonds is 3. The zero-order valence-corrected chi connectivity index (χ0v) is 14.5. The van der Waals surface area contributed by atoms with Crippen LogP contribution in [0.25, 0.3) is 0 Å². The van der Waals surface area contributed by atoms with Gasteiger partial charge in [0, 0.05) is 16.8 Å². The van der Waals surface area contributed by atoms with E-state index in [9.17, 15) is 9.59 Å². The lowest BCUT2D eigenvalue weighted by Gasteiger charge is -2.33. The third-order valence-corrected chi connectivity index (χ3v) is 4.01. The molecule has 3 N–H and O–H groups in total. The van der Waals surface area contributed by atoms with Crippen molar-refractivity contribution in [1.82, 2.24) is 10.6 Å². The first-order valence-corrected chi connectivity index (χ1v) is 8.19. The van der Waals surface area contributed by atoms with Crippen LogP contribution in [0.3, 0.4) is 0 Å². The largest absolute Gasteiger partial charge is 0.347 e. The maximum atomic E-state index is 12.4. The molecule has 0 saturated carbocycles. The first kappa shape index (κ1) is 17.5. The Morgan fingerprint density at radius 3 is 2.30 bits per heavy atom. The van der Waals surface area contributed by atoms with E-state index >= 15 is 0 Å². The molecule has 23 heavy (non-hydrogen) atoms. The predicted molar refractivity (Wildman–Crippen MR) is 92.5 cm³/mol. The first-order chi connectivity index (χ1) is 10.7. The lowest BCUT2D eigenvalue weighted by molar-refractivity contribution is -0.122. The SMILES string of the molecule is CC(C)(C)NC(=O)c1ccc(NC(=O)C2(C)CCCCN2)cc1. The molecule has 1 aliphatic rings. The summed E-state index contributed by atoms with van der Waals surface area (Å²) in [6.07, 6.45) is 3.01. The Kier molecular flexibility index (Phi) is 5.09. The molecule has 1 aliphatic heterocycles. The van der Waals surface area contributed by atoms with Crippen LogP contribution in [0, 0.1) is 0 Å². The molecule has 126 valence electrons. The summed E-state index contributed by atoms with van der Waals surface area (Å²) in [5.41, 5.74) is 0.502. The van der Waals surface area contributed by atoms with Crippen LogP contribution in [0.4, 0.5) is 5.69 Å². The van der Waals surface area contributed by atoms with Gasteiger partial charge in [0.25, 0.3) is 5.91 Å². The van der Waals surface area contributed by atoms with E-state index in [1.165, 1.54) is 0 Å². The average Bonchev–Trinajstić information content (AvgIpc) is 2.47. The maximum absolute atomic E-state index is 12.4. The molecule has 0 aliphatic carbocycles. The van der Waals surface area contributed by atoms with Crippen LogP contribution in [-0.2, 0) is 4.79 Å². The second-order valence-corrected chi connectivity index (χ2v) is 7.45. The van der Waals surface area contributed by atoms with Crippen molar-refractivity contribution in [1.29, 1.82) is 0 Å². The average molecular weight is 317 g/mol. The Hall–Kier alpha value is -1.88. The van der Waals surface area contributed by atoms with Gasteiger partial charge in [-0.2, -0.15) is 0 Å². The molecule has 5 heteroatoms. The Bertz CT molecular complexity index is 567. The topological polar surface area (TPSA) is 70.2 Å². The Morgan fingerprint density at radius 1 is 1.13 bits per heavy atom. The molecular weight excluding hydrogens is 290 g/mol. The molecule has 2 rings (SSSR count). The molecule has 1 aromatic carbocycles. The van der Waals surface area contributed by atoms with E-state index in [0.29, 0.717) is 11.3 Å². The first-order valence-electron chi connectivity index (χ1n) is 8.19. The van der Waals surface area contributed by atoms with Crippen molar-refractivity contribution in [2.24, 2.45) is 0 Å². The summed E-state index contributed by atoms with van der Waals surface area (Å²) >= 11 is 0. The van der Waals surface area contributed by atoms with Crippen LogP contribution in [0.1, 0.15) is 57.3 Å². The number of hydrogen-bond donors (Lipinski definition) is 3. The van der Waals surface area contributed by atoms with Crippen LogP contribution in [-0.4, -0.2) is 29.4 Å². The second kappa shape index (κ2) is 6.71. The van der Waals surface area contributed by atoms with Crippen LogP contribution in [0.2, 0.25) is 0 Å². The van der Waals surface area contributed by atoms with Crippen molar-refractivity contribution in [2.45, 2.75) is 58.0 Å². The number of nitrogens with one attached hydrogen (secondary N) is 3. The van der Waals surface area contributed by atoms with Gasteiger partial charge in [-0.1, -0.05) is 0 Å². The minimum Gasteiger partial charge on any atom is -0.347 e. The van der Waals surface area contributed by atoms with Crippen molar-refractivity contribution in [3.8, 4) is 0 Å². The predicted octanol–water partition coefficient (Wildman–Crippen LogP) is 2.69. The lowest BCUT2D eigenvalue weighted by atomic mass is 9.90. The molecule has 1 saturated heterocycles. The molecule has 1 unspecified atom stereocenters. The van der Waals surface area contributed by atoms with Gasteiger partial charge in [0.1, 0.15) is 0 Å². The van der Waals surface area contributed by atoms with Gasteiger partial charge in [0.2, 0.25) is 5.91 Å². The van der Waals surface area contributed by atoms with E-state index in [1.54, 1.807) is 24.3 Å². The number of piperidine rings is 1. The molecule has 1 aromatic rings. The summed E-state index contributed by atoms with van der Waals surface area (Å²) in [6.45, 7) is 8.63. The van der Waals surface area contributed by atoms with Gasteiger partial charge in [-0.15, -0.1) is 0 Å². The highest BCUT2D eigenvalue weighted by Crippen LogP contribution is 2.21. The van der Waals surface area contributed by atoms with Gasteiger partial charge in [-0.3, -0.25) is 9.59 Å². The number of carbonyl (C=O) groups excluding carboxylic acids is 2. The zero-order chi connectivity index (χ0) is 17.1. The molecule has 0 bridgehead atoms. The van der Waals surface area contributed by atoms with E-state index < -0.39 is 5.54 Å². The summed E-state index contributed by atoms with van der Waals surface area (Å²) in [6, 6.07) is 6.99. The normalized spacial score (nSPS) is 21.6. The van der Waals surface area contributed by atoms with E-state index in [4.69, 9.17) is 0 Å². The van der Waals surface area contributed by atoms with Crippen LogP contribution in [0.5, 0.6) is 0 Å². The number of hydrogen-bond acceptors (Lipinski definition) is 3. The van der Waals surface area contributed by atoms with Gasteiger partial charge >= 0.3 is 0 Å². The highest BCUT2D eigenvalue weighted by Gasteiger charge is 2.34. The standard InChI is InChI=1S/C18H27N3O2/c1-17(2,3)21-15(22)13-7-9-14(10-8-13)20-16(23)18(4)11-5-6-12-19-18/h7-10,19H,5-6,11-12H2,1-4H3,(H,20,23)(H,21,22). The number of anilines is 1. The van der Waals surface area contributed by atoms with Gasteiger partial charge in [-0.05, 0) is 77.8 Å².